The van der Waals surface area contributed by atoms with Crippen molar-refractivity contribution in [2.75, 3.05) is 14.2 Å². The zero-order valence-electron chi connectivity index (χ0n) is 18.4. The first-order chi connectivity index (χ1) is 14.3. The summed E-state index contributed by atoms with van der Waals surface area (Å²) in [7, 11) is 3.22. The van der Waals surface area contributed by atoms with E-state index in [1.54, 1.807) is 14.2 Å². The van der Waals surface area contributed by atoms with E-state index in [4.69, 9.17) is 9.47 Å². The van der Waals surface area contributed by atoms with Crippen molar-refractivity contribution in [3.05, 3.63) is 70.5 Å². The molecule has 0 fully saturated rings. The molecule has 3 rings (SSSR count). The second kappa shape index (κ2) is 9.03. The van der Waals surface area contributed by atoms with Crippen LogP contribution in [0.3, 0.4) is 0 Å². The van der Waals surface area contributed by atoms with Crippen LogP contribution in [0.5, 0.6) is 11.5 Å². The average Bonchev–Trinajstić information content (AvgIpc) is 3.02. The Balaban J connectivity index is 1.77. The van der Waals surface area contributed by atoms with Crippen molar-refractivity contribution in [1.29, 1.82) is 0 Å². The molecule has 0 saturated heterocycles. The van der Waals surface area contributed by atoms with Gasteiger partial charge in [-0.15, -0.1) is 0 Å². The summed E-state index contributed by atoms with van der Waals surface area (Å²) >= 11 is 0. The lowest BCUT2D eigenvalue weighted by Crippen LogP contribution is -2.29. The number of aryl methyl sites for hydroxylation is 2. The molecule has 6 nitrogen and oxygen atoms in total. The van der Waals surface area contributed by atoms with E-state index in [0.717, 1.165) is 33.8 Å². The Hall–Kier alpha value is -3.28. The Bertz CT molecular complexity index is 1040. The molecule has 1 aromatic heterocycles. The van der Waals surface area contributed by atoms with Gasteiger partial charge in [0.2, 0.25) is 5.91 Å². The molecule has 0 aliphatic rings. The fourth-order valence-electron chi connectivity index (χ4n) is 3.75. The van der Waals surface area contributed by atoms with Gasteiger partial charge in [-0.2, -0.15) is 5.10 Å². The number of ether oxygens (including phenoxy) is 2. The van der Waals surface area contributed by atoms with E-state index in [1.165, 1.54) is 0 Å². The molecular weight excluding hydrogens is 378 g/mol. The van der Waals surface area contributed by atoms with E-state index in [2.05, 4.69) is 10.4 Å². The van der Waals surface area contributed by atoms with Gasteiger partial charge in [-0.1, -0.05) is 18.2 Å². The summed E-state index contributed by atoms with van der Waals surface area (Å²) < 4.78 is 12.7. The van der Waals surface area contributed by atoms with Gasteiger partial charge in [0.1, 0.15) is 0 Å². The van der Waals surface area contributed by atoms with E-state index in [1.807, 2.05) is 74.8 Å². The van der Waals surface area contributed by atoms with Crippen LogP contribution in [0.25, 0.3) is 5.69 Å². The van der Waals surface area contributed by atoms with Gasteiger partial charge >= 0.3 is 0 Å². The highest BCUT2D eigenvalue weighted by atomic mass is 16.5. The summed E-state index contributed by atoms with van der Waals surface area (Å²) in [6.45, 7) is 7.91. The van der Waals surface area contributed by atoms with Crippen LogP contribution in [-0.4, -0.2) is 29.9 Å². The van der Waals surface area contributed by atoms with E-state index >= 15 is 0 Å². The van der Waals surface area contributed by atoms with Gasteiger partial charge in [-0.05, 0) is 63.1 Å². The fourth-order valence-corrected chi connectivity index (χ4v) is 3.75. The van der Waals surface area contributed by atoms with Gasteiger partial charge in [-0.25, -0.2) is 4.68 Å². The standard InChI is InChI=1S/C24H29N3O3/c1-15-12-22(29-5)23(30-6)13-20(15)16(2)25-24(28)14-21-17(3)26-27(18(21)4)19-10-8-7-9-11-19/h7-13,16H,14H2,1-6H3,(H,25,28). The van der Waals surface area contributed by atoms with E-state index in [0.29, 0.717) is 11.5 Å². The number of aromatic nitrogens is 2. The number of benzene rings is 2. The summed E-state index contributed by atoms with van der Waals surface area (Å²) in [5, 5.41) is 7.74. The molecule has 1 unspecified atom stereocenters. The molecule has 30 heavy (non-hydrogen) atoms. The minimum Gasteiger partial charge on any atom is -0.493 e. The Morgan fingerprint density at radius 1 is 1.07 bits per heavy atom. The molecule has 3 aromatic rings. The number of hydrogen-bond acceptors (Lipinski definition) is 4. The first-order valence-corrected chi connectivity index (χ1v) is 9.98. The van der Waals surface area contributed by atoms with Crippen LogP contribution in [0.1, 0.15) is 41.0 Å². The van der Waals surface area contributed by atoms with Crippen molar-refractivity contribution < 1.29 is 14.3 Å². The number of methoxy groups -OCH3 is 2. The van der Waals surface area contributed by atoms with Crippen LogP contribution in [0.4, 0.5) is 0 Å². The van der Waals surface area contributed by atoms with Crippen molar-refractivity contribution in [3.8, 4) is 17.2 Å². The minimum atomic E-state index is -0.165. The summed E-state index contributed by atoms with van der Waals surface area (Å²) in [6.07, 6.45) is 0.279. The number of para-hydroxylation sites is 1. The van der Waals surface area contributed by atoms with Gasteiger partial charge < -0.3 is 14.8 Å². The molecule has 158 valence electrons. The number of rotatable bonds is 7. The zero-order chi connectivity index (χ0) is 21.8. The van der Waals surface area contributed by atoms with Crippen LogP contribution in [0, 0.1) is 20.8 Å². The maximum atomic E-state index is 12.8. The zero-order valence-corrected chi connectivity index (χ0v) is 18.4. The fraction of sp³-hybridized carbons (Fsp3) is 0.333. The number of carbonyl (C=O) groups is 1. The lowest BCUT2D eigenvalue weighted by atomic mass is 10.0. The van der Waals surface area contributed by atoms with Crippen molar-refractivity contribution in [3.63, 3.8) is 0 Å². The van der Waals surface area contributed by atoms with Crippen molar-refractivity contribution in [1.82, 2.24) is 15.1 Å². The van der Waals surface area contributed by atoms with E-state index in [-0.39, 0.29) is 18.4 Å². The van der Waals surface area contributed by atoms with E-state index < -0.39 is 0 Å². The highest BCUT2D eigenvalue weighted by molar-refractivity contribution is 5.79. The van der Waals surface area contributed by atoms with Gasteiger partial charge in [0.25, 0.3) is 0 Å². The predicted molar refractivity (Wildman–Crippen MR) is 118 cm³/mol. The molecule has 0 aliphatic heterocycles. The smallest absolute Gasteiger partial charge is 0.225 e. The molecular formula is C24H29N3O3. The van der Waals surface area contributed by atoms with E-state index in [9.17, 15) is 4.79 Å². The first kappa shape index (κ1) is 21.4. The second-order valence-electron chi connectivity index (χ2n) is 7.43. The largest absolute Gasteiger partial charge is 0.493 e. The molecule has 0 spiro atoms. The van der Waals surface area contributed by atoms with Gasteiger partial charge in [0.05, 0.1) is 38.1 Å². The Morgan fingerprint density at radius 3 is 2.33 bits per heavy atom. The Kier molecular flexibility index (Phi) is 6.45. The summed E-state index contributed by atoms with van der Waals surface area (Å²) in [6, 6.07) is 13.6. The third kappa shape index (κ3) is 4.32. The van der Waals surface area contributed by atoms with Crippen LogP contribution in [-0.2, 0) is 11.2 Å². The lowest BCUT2D eigenvalue weighted by Gasteiger charge is -2.19. The molecule has 6 heteroatoms. The first-order valence-electron chi connectivity index (χ1n) is 9.98. The number of nitrogens with one attached hydrogen (secondary N) is 1. The summed E-state index contributed by atoms with van der Waals surface area (Å²) in [5.41, 5.74) is 5.80. The second-order valence-corrected chi connectivity index (χ2v) is 7.43. The lowest BCUT2D eigenvalue weighted by molar-refractivity contribution is -0.121. The topological polar surface area (TPSA) is 65.4 Å². The van der Waals surface area contributed by atoms with Gasteiger partial charge in [0.15, 0.2) is 11.5 Å². The molecule has 0 bridgehead atoms. The third-order valence-corrected chi connectivity index (χ3v) is 5.40. The highest BCUT2D eigenvalue weighted by Gasteiger charge is 2.19. The predicted octanol–water partition coefficient (Wildman–Crippen LogP) is 4.23. The SMILES string of the molecule is COc1cc(C)c(C(C)NC(=O)Cc2c(C)nn(-c3ccccc3)c2C)cc1OC. The van der Waals surface area contributed by atoms with Crippen LogP contribution >= 0.6 is 0 Å². The number of nitrogens with zero attached hydrogens (tertiary/aromatic N) is 2. The molecule has 0 aliphatic carbocycles. The van der Waals surface area contributed by atoms with Crippen LogP contribution < -0.4 is 14.8 Å². The number of carbonyl (C=O) groups excluding carboxylic acids is 1. The molecule has 0 radical (unpaired) electrons. The van der Waals surface area contributed by atoms with Gasteiger partial charge in [-0.3, -0.25) is 4.79 Å². The molecule has 0 saturated carbocycles. The molecule has 1 amide bonds. The third-order valence-electron chi connectivity index (χ3n) is 5.40. The Morgan fingerprint density at radius 2 is 1.70 bits per heavy atom. The maximum absolute atomic E-state index is 12.8. The number of amides is 1. The normalized spacial score (nSPS) is 11.8. The van der Waals surface area contributed by atoms with Crippen molar-refractivity contribution in [2.45, 2.75) is 40.2 Å². The quantitative estimate of drug-likeness (QED) is 0.636. The molecule has 1 heterocycles. The number of hydrogen-bond donors (Lipinski definition) is 1. The van der Waals surface area contributed by atoms with Crippen molar-refractivity contribution in [2.24, 2.45) is 0 Å². The molecule has 1 atom stereocenters. The Labute approximate surface area is 177 Å². The summed E-state index contributed by atoms with van der Waals surface area (Å²) in [5.74, 6) is 1.28. The monoisotopic (exact) mass is 407 g/mol. The molecule has 2 aromatic carbocycles. The average molecular weight is 408 g/mol. The minimum absolute atomic E-state index is 0.0458. The maximum Gasteiger partial charge on any atom is 0.225 e. The summed E-state index contributed by atoms with van der Waals surface area (Å²) in [4.78, 5) is 12.8. The van der Waals surface area contributed by atoms with Crippen LogP contribution in [0.2, 0.25) is 0 Å². The van der Waals surface area contributed by atoms with Crippen LogP contribution in [0.15, 0.2) is 42.5 Å². The molecule has 1 N–H and O–H groups in total. The highest BCUT2D eigenvalue weighted by Crippen LogP contribution is 2.33. The van der Waals surface area contributed by atoms with Gasteiger partial charge in [0, 0.05) is 11.3 Å². The van der Waals surface area contributed by atoms with Crippen molar-refractivity contribution >= 4 is 5.91 Å².